The monoisotopic (exact) mass is 388 g/mol. The molecule has 1 aliphatic carbocycles. The Morgan fingerprint density at radius 1 is 1.29 bits per heavy atom. The number of carbonyl (C=O) groups excluding carboxylic acids is 2. The van der Waals surface area contributed by atoms with Gasteiger partial charge in [-0.2, -0.15) is 0 Å². The molecule has 1 aromatic carbocycles. The van der Waals surface area contributed by atoms with Crippen LogP contribution in [0.15, 0.2) is 30.3 Å². The van der Waals surface area contributed by atoms with E-state index in [1.165, 1.54) is 14.2 Å². The summed E-state index contributed by atoms with van der Waals surface area (Å²) >= 11 is 0. The molecule has 0 radical (unpaired) electrons. The molecule has 0 saturated heterocycles. The van der Waals surface area contributed by atoms with E-state index in [1.807, 2.05) is 37.3 Å². The molecule has 7 heteroatoms. The maximum Gasteiger partial charge on any atom is 0.407 e. The fraction of sp³-hybridized carbons (Fsp3) is 0.524. The first-order valence-corrected chi connectivity index (χ1v) is 9.62. The first-order valence-electron chi connectivity index (χ1n) is 9.62. The molecule has 2 aromatic rings. The minimum absolute atomic E-state index is 0.0180. The number of H-pyrrole nitrogens is 1. The molecular formula is C21H28N2O5. The molecule has 7 nitrogen and oxygen atoms in total. The van der Waals surface area contributed by atoms with Gasteiger partial charge in [-0.3, -0.25) is 4.79 Å². The second kappa shape index (κ2) is 8.22. The number of methoxy groups -OCH3 is 2. The van der Waals surface area contributed by atoms with Gasteiger partial charge in [0.1, 0.15) is 5.41 Å². The van der Waals surface area contributed by atoms with Crippen LogP contribution in [0.1, 0.15) is 31.9 Å². The molecule has 0 bridgehead atoms. The number of aromatic amines is 1. The van der Waals surface area contributed by atoms with Gasteiger partial charge in [0.25, 0.3) is 0 Å². The van der Waals surface area contributed by atoms with Crippen LogP contribution in [-0.2, 0) is 19.7 Å². The lowest BCUT2D eigenvalue weighted by Crippen LogP contribution is -2.62. The van der Waals surface area contributed by atoms with E-state index in [9.17, 15) is 14.7 Å². The third-order valence-electron chi connectivity index (χ3n) is 6.05. The van der Waals surface area contributed by atoms with E-state index in [2.05, 4.69) is 10.3 Å². The van der Waals surface area contributed by atoms with E-state index in [0.29, 0.717) is 18.5 Å². The fourth-order valence-electron chi connectivity index (χ4n) is 4.69. The van der Waals surface area contributed by atoms with Crippen molar-refractivity contribution in [2.75, 3.05) is 20.8 Å². The summed E-state index contributed by atoms with van der Waals surface area (Å²) in [6.45, 7) is 1.99. The number of benzene rings is 1. The van der Waals surface area contributed by atoms with Gasteiger partial charge in [-0.25, -0.2) is 4.79 Å². The van der Waals surface area contributed by atoms with Crippen LogP contribution in [0.2, 0.25) is 0 Å². The largest absolute Gasteiger partial charge is 0.468 e. The third kappa shape index (κ3) is 3.35. The predicted octanol–water partition coefficient (Wildman–Crippen LogP) is 2.73. The number of aliphatic hydroxyl groups is 1. The summed E-state index contributed by atoms with van der Waals surface area (Å²) in [7, 11) is 2.66. The Bertz CT molecular complexity index is 815. The molecule has 4 atom stereocenters. The molecule has 1 amide bonds. The van der Waals surface area contributed by atoms with Crippen LogP contribution >= 0.6 is 0 Å². The van der Waals surface area contributed by atoms with E-state index in [0.717, 1.165) is 17.3 Å². The minimum atomic E-state index is -1.14. The van der Waals surface area contributed by atoms with Gasteiger partial charge in [0.05, 0.1) is 20.3 Å². The van der Waals surface area contributed by atoms with Crippen molar-refractivity contribution in [1.82, 2.24) is 10.3 Å². The van der Waals surface area contributed by atoms with Crippen molar-refractivity contribution < 1.29 is 24.2 Å². The second-order valence-corrected chi connectivity index (χ2v) is 7.50. The highest BCUT2D eigenvalue weighted by Crippen LogP contribution is 2.47. The van der Waals surface area contributed by atoms with Gasteiger partial charge < -0.3 is 24.9 Å². The lowest BCUT2D eigenvalue weighted by Gasteiger charge is -2.48. The van der Waals surface area contributed by atoms with Crippen molar-refractivity contribution in [2.24, 2.45) is 11.8 Å². The summed E-state index contributed by atoms with van der Waals surface area (Å²) in [5, 5.41) is 13.8. The molecule has 0 aliphatic heterocycles. The summed E-state index contributed by atoms with van der Waals surface area (Å²) in [6, 6.07) is 9.17. The zero-order valence-electron chi connectivity index (χ0n) is 16.5. The van der Waals surface area contributed by atoms with Crippen molar-refractivity contribution in [2.45, 2.75) is 37.6 Å². The molecule has 1 heterocycles. The number of ether oxygens (including phenoxy) is 2. The minimum Gasteiger partial charge on any atom is -0.468 e. The van der Waals surface area contributed by atoms with E-state index < -0.39 is 23.5 Å². The molecular weight excluding hydrogens is 360 g/mol. The van der Waals surface area contributed by atoms with Gasteiger partial charge in [0.15, 0.2) is 0 Å². The summed E-state index contributed by atoms with van der Waals surface area (Å²) in [5.74, 6) is -0.529. The van der Waals surface area contributed by atoms with Crippen LogP contribution in [0.5, 0.6) is 0 Å². The summed E-state index contributed by atoms with van der Waals surface area (Å²) in [5.41, 5.74) is 0.434. The number of amides is 1. The van der Waals surface area contributed by atoms with Gasteiger partial charge in [0.2, 0.25) is 0 Å². The molecule has 0 unspecified atom stereocenters. The zero-order chi connectivity index (χ0) is 20.3. The summed E-state index contributed by atoms with van der Waals surface area (Å²) in [6.07, 6.45) is 1.23. The third-order valence-corrected chi connectivity index (χ3v) is 6.05. The van der Waals surface area contributed by atoms with E-state index in [1.54, 1.807) is 0 Å². The van der Waals surface area contributed by atoms with Crippen molar-refractivity contribution in [3.05, 3.63) is 36.0 Å². The molecule has 1 saturated carbocycles. The summed E-state index contributed by atoms with van der Waals surface area (Å²) in [4.78, 5) is 28.8. The average Bonchev–Trinajstić information content (AvgIpc) is 3.17. The van der Waals surface area contributed by atoms with Gasteiger partial charge in [-0.15, -0.1) is 0 Å². The van der Waals surface area contributed by atoms with E-state index in [4.69, 9.17) is 9.47 Å². The Kier molecular flexibility index (Phi) is 5.93. The van der Waals surface area contributed by atoms with E-state index in [-0.39, 0.29) is 18.4 Å². The van der Waals surface area contributed by atoms with Crippen molar-refractivity contribution in [3.8, 4) is 0 Å². The quantitative estimate of drug-likeness (QED) is 0.684. The molecule has 1 aromatic heterocycles. The number of esters is 1. The number of carbonyl (C=O) groups is 2. The number of nitrogens with one attached hydrogen (secondary N) is 2. The second-order valence-electron chi connectivity index (χ2n) is 7.50. The van der Waals surface area contributed by atoms with Crippen LogP contribution < -0.4 is 5.32 Å². The van der Waals surface area contributed by atoms with Crippen LogP contribution in [0.25, 0.3) is 10.9 Å². The first-order chi connectivity index (χ1) is 13.5. The Hall–Kier alpha value is -2.54. The number of aromatic nitrogens is 1. The molecule has 0 spiro atoms. The SMILES string of the molecule is CC[C@H]1C[C@@H](CO)C[C@@](C(=O)OC)(c2cc3ccccc3[nH]2)[C@H]1NC(=O)OC. The topological polar surface area (TPSA) is 101 Å². The lowest BCUT2D eigenvalue weighted by atomic mass is 9.60. The molecule has 1 fully saturated rings. The van der Waals surface area contributed by atoms with Crippen LogP contribution in [-0.4, -0.2) is 49.0 Å². The van der Waals surface area contributed by atoms with E-state index >= 15 is 0 Å². The zero-order valence-corrected chi connectivity index (χ0v) is 16.5. The number of aliphatic hydroxyl groups excluding tert-OH is 1. The Labute approximate surface area is 164 Å². The van der Waals surface area contributed by atoms with Gasteiger partial charge in [-0.05, 0) is 42.2 Å². The maximum absolute atomic E-state index is 13.3. The summed E-state index contributed by atoms with van der Waals surface area (Å²) < 4.78 is 10.1. The predicted molar refractivity (Wildman–Crippen MR) is 105 cm³/mol. The molecule has 3 rings (SSSR count). The van der Waals surface area contributed by atoms with Gasteiger partial charge >= 0.3 is 12.1 Å². The average molecular weight is 388 g/mol. The molecule has 1 aliphatic rings. The highest BCUT2D eigenvalue weighted by Gasteiger charge is 2.56. The lowest BCUT2D eigenvalue weighted by molar-refractivity contribution is -0.153. The number of alkyl carbamates (subject to hydrolysis) is 1. The van der Waals surface area contributed by atoms with Crippen LogP contribution in [0, 0.1) is 11.8 Å². The number of hydrogen-bond acceptors (Lipinski definition) is 5. The highest BCUT2D eigenvalue weighted by atomic mass is 16.5. The van der Waals surface area contributed by atoms with Crippen molar-refractivity contribution in [1.29, 1.82) is 0 Å². The van der Waals surface area contributed by atoms with Crippen molar-refractivity contribution >= 4 is 23.0 Å². The fourth-order valence-corrected chi connectivity index (χ4v) is 4.69. The Morgan fingerprint density at radius 3 is 2.64 bits per heavy atom. The number of hydrogen-bond donors (Lipinski definition) is 3. The highest BCUT2D eigenvalue weighted by molar-refractivity contribution is 5.89. The normalized spacial score (nSPS) is 27.4. The number of fused-ring (bicyclic) bond motifs is 1. The Balaban J connectivity index is 2.21. The maximum atomic E-state index is 13.3. The first kappa shape index (κ1) is 20.2. The van der Waals surface area contributed by atoms with Crippen molar-refractivity contribution in [3.63, 3.8) is 0 Å². The molecule has 3 N–H and O–H groups in total. The number of rotatable bonds is 5. The Morgan fingerprint density at radius 2 is 2.04 bits per heavy atom. The van der Waals surface area contributed by atoms with Gasteiger partial charge in [0, 0.05) is 17.8 Å². The van der Waals surface area contributed by atoms with Gasteiger partial charge in [-0.1, -0.05) is 31.5 Å². The van der Waals surface area contributed by atoms with Crippen LogP contribution in [0.3, 0.4) is 0 Å². The molecule has 28 heavy (non-hydrogen) atoms. The number of para-hydroxylation sites is 1. The standard InChI is InChI=1S/C21H28N2O5/c1-4-14-9-13(12-24)11-21(19(25)27-2,18(14)23-20(26)28-3)17-10-15-7-5-6-8-16(15)22-17/h5-8,10,13-14,18,22,24H,4,9,11-12H2,1-3H3,(H,23,26)/t13-,14+,18+,21-/m1/s1. The van der Waals surface area contributed by atoms with Crippen LogP contribution in [0.4, 0.5) is 4.79 Å². The smallest absolute Gasteiger partial charge is 0.407 e. The molecule has 152 valence electrons.